The molecule has 82 valence electrons. The molecule has 0 aromatic rings. The van der Waals surface area contributed by atoms with Crippen LogP contribution in [0.5, 0.6) is 0 Å². The molecule has 0 saturated carbocycles. The molecule has 14 heavy (non-hydrogen) atoms. The minimum absolute atomic E-state index is 0.0534. The molecular formula is C10H19NO3. The molecule has 4 heteroatoms. The molecule has 0 aromatic carbocycles. The van der Waals surface area contributed by atoms with Crippen molar-refractivity contribution in [1.29, 1.82) is 0 Å². The van der Waals surface area contributed by atoms with E-state index in [9.17, 15) is 9.59 Å². The summed E-state index contributed by atoms with van der Waals surface area (Å²) < 4.78 is 5.15. The zero-order valence-electron chi connectivity index (χ0n) is 8.97. The van der Waals surface area contributed by atoms with Crippen molar-refractivity contribution in [3.63, 3.8) is 0 Å². The van der Waals surface area contributed by atoms with Crippen LogP contribution in [0, 0.1) is 0 Å². The van der Waals surface area contributed by atoms with Crippen molar-refractivity contribution in [1.82, 2.24) is 5.32 Å². The van der Waals surface area contributed by atoms with Gasteiger partial charge in [0.25, 0.3) is 0 Å². The summed E-state index contributed by atoms with van der Waals surface area (Å²) in [5.74, 6) is 0.0369. The topological polar surface area (TPSA) is 55.4 Å². The molecule has 0 rings (SSSR count). The zero-order valence-corrected chi connectivity index (χ0v) is 8.97. The van der Waals surface area contributed by atoms with Crippen LogP contribution in [0.25, 0.3) is 0 Å². The Kier molecular flexibility index (Phi) is 8.13. The van der Waals surface area contributed by atoms with Crippen molar-refractivity contribution >= 4 is 11.7 Å². The molecule has 0 aromatic heterocycles. The minimum Gasteiger partial charge on any atom is -0.381 e. The number of ether oxygens (including phenoxy) is 1. The van der Waals surface area contributed by atoms with Crippen molar-refractivity contribution in [2.24, 2.45) is 0 Å². The number of carbonyl (C=O) groups excluding carboxylic acids is 2. The number of hydrogen-bond donors (Lipinski definition) is 1. The van der Waals surface area contributed by atoms with Gasteiger partial charge in [0.1, 0.15) is 5.78 Å². The van der Waals surface area contributed by atoms with E-state index in [0.29, 0.717) is 32.6 Å². The third-order valence-corrected chi connectivity index (χ3v) is 1.62. The molecule has 0 radical (unpaired) electrons. The Labute approximate surface area is 85.0 Å². The van der Waals surface area contributed by atoms with Crippen molar-refractivity contribution in [3.8, 4) is 0 Å². The molecule has 0 aliphatic heterocycles. The molecule has 1 amide bonds. The van der Waals surface area contributed by atoms with Gasteiger partial charge in [0.2, 0.25) is 5.91 Å². The highest BCUT2D eigenvalue weighted by Crippen LogP contribution is 1.86. The largest absolute Gasteiger partial charge is 0.381 e. The van der Waals surface area contributed by atoms with Gasteiger partial charge < -0.3 is 10.1 Å². The summed E-state index contributed by atoms with van der Waals surface area (Å²) in [5.41, 5.74) is 0. The van der Waals surface area contributed by atoms with Gasteiger partial charge in [0, 0.05) is 26.0 Å². The highest BCUT2D eigenvalue weighted by Gasteiger charge is 2.00. The lowest BCUT2D eigenvalue weighted by molar-refractivity contribution is -0.122. The second kappa shape index (κ2) is 8.69. The summed E-state index contributed by atoms with van der Waals surface area (Å²) in [7, 11) is 0. The molecule has 0 aliphatic carbocycles. The Morgan fingerprint density at radius 3 is 2.50 bits per heavy atom. The average Bonchev–Trinajstić information content (AvgIpc) is 2.12. The van der Waals surface area contributed by atoms with Crippen LogP contribution in [0.3, 0.4) is 0 Å². The smallest absolute Gasteiger partial charge is 0.222 e. The van der Waals surface area contributed by atoms with Gasteiger partial charge >= 0.3 is 0 Å². The van der Waals surface area contributed by atoms with Gasteiger partial charge in [-0.25, -0.2) is 0 Å². The first-order valence-electron chi connectivity index (χ1n) is 5.00. The Bertz CT molecular complexity index is 180. The van der Waals surface area contributed by atoms with Crippen molar-refractivity contribution in [3.05, 3.63) is 0 Å². The van der Waals surface area contributed by atoms with Crippen LogP contribution in [0.1, 0.15) is 33.1 Å². The molecule has 0 saturated heterocycles. The second-order valence-electron chi connectivity index (χ2n) is 3.16. The van der Waals surface area contributed by atoms with Crippen LogP contribution in [0.2, 0.25) is 0 Å². The standard InChI is InChI=1S/C10H19NO3/c1-3-7-14-8-5-10(13)11-6-4-9(2)12/h3-8H2,1-2H3,(H,11,13). The third-order valence-electron chi connectivity index (χ3n) is 1.62. The Hall–Kier alpha value is -0.900. The quantitative estimate of drug-likeness (QED) is 0.593. The Morgan fingerprint density at radius 2 is 1.93 bits per heavy atom. The average molecular weight is 201 g/mol. The Balaban J connectivity index is 3.24. The van der Waals surface area contributed by atoms with Crippen LogP contribution in [-0.4, -0.2) is 31.4 Å². The molecule has 0 heterocycles. The van der Waals surface area contributed by atoms with Crippen LogP contribution < -0.4 is 5.32 Å². The minimum atomic E-state index is -0.0534. The molecule has 0 aliphatic rings. The molecule has 1 N–H and O–H groups in total. The molecule has 0 fully saturated rings. The number of hydrogen-bond acceptors (Lipinski definition) is 3. The number of amides is 1. The predicted octanol–water partition coefficient (Wildman–Crippen LogP) is 0.898. The summed E-state index contributed by atoms with van der Waals surface area (Å²) in [6, 6.07) is 0. The lowest BCUT2D eigenvalue weighted by atomic mass is 10.3. The van der Waals surface area contributed by atoms with Crippen LogP contribution in [0.4, 0.5) is 0 Å². The van der Waals surface area contributed by atoms with E-state index in [2.05, 4.69) is 5.32 Å². The molecule has 0 spiro atoms. The van der Waals surface area contributed by atoms with Crippen LogP contribution in [0.15, 0.2) is 0 Å². The number of carbonyl (C=O) groups is 2. The fourth-order valence-corrected chi connectivity index (χ4v) is 0.878. The van der Waals surface area contributed by atoms with Gasteiger partial charge in [0.05, 0.1) is 6.61 Å². The van der Waals surface area contributed by atoms with Crippen molar-refractivity contribution < 1.29 is 14.3 Å². The number of Topliss-reactive ketones (excluding diaryl/α,β-unsaturated/α-hetero) is 1. The number of rotatable bonds is 8. The summed E-state index contributed by atoms with van der Waals surface area (Å²) in [6.45, 7) is 5.12. The third kappa shape index (κ3) is 9.19. The Morgan fingerprint density at radius 1 is 1.21 bits per heavy atom. The predicted molar refractivity (Wildman–Crippen MR) is 54.0 cm³/mol. The van der Waals surface area contributed by atoms with E-state index in [1.807, 2.05) is 6.92 Å². The van der Waals surface area contributed by atoms with E-state index in [-0.39, 0.29) is 11.7 Å². The highest BCUT2D eigenvalue weighted by atomic mass is 16.5. The second-order valence-corrected chi connectivity index (χ2v) is 3.16. The maximum Gasteiger partial charge on any atom is 0.222 e. The molecular weight excluding hydrogens is 182 g/mol. The summed E-state index contributed by atoms with van der Waals surface area (Å²) in [5, 5.41) is 2.65. The summed E-state index contributed by atoms with van der Waals surface area (Å²) >= 11 is 0. The maximum atomic E-state index is 11.1. The summed E-state index contributed by atoms with van der Waals surface area (Å²) in [6.07, 6.45) is 1.74. The van der Waals surface area contributed by atoms with E-state index in [4.69, 9.17) is 4.74 Å². The van der Waals surface area contributed by atoms with E-state index < -0.39 is 0 Å². The van der Waals surface area contributed by atoms with Gasteiger partial charge in [0.15, 0.2) is 0 Å². The van der Waals surface area contributed by atoms with Gasteiger partial charge in [-0.1, -0.05) is 6.92 Å². The van der Waals surface area contributed by atoms with Gasteiger partial charge in [-0.2, -0.15) is 0 Å². The first-order chi connectivity index (χ1) is 6.66. The highest BCUT2D eigenvalue weighted by molar-refractivity contribution is 5.78. The normalized spacial score (nSPS) is 9.86. The number of nitrogens with one attached hydrogen (secondary N) is 1. The molecule has 0 unspecified atom stereocenters. The number of ketones is 1. The van der Waals surface area contributed by atoms with E-state index in [0.717, 1.165) is 6.42 Å². The molecule has 4 nitrogen and oxygen atoms in total. The fraction of sp³-hybridized carbons (Fsp3) is 0.800. The fourth-order valence-electron chi connectivity index (χ4n) is 0.878. The van der Waals surface area contributed by atoms with Gasteiger partial charge in [-0.15, -0.1) is 0 Å². The molecule has 0 atom stereocenters. The monoisotopic (exact) mass is 201 g/mol. The maximum absolute atomic E-state index is 11.1. The molecule has 0 bridgehead atoms. The van der Waals surface area contributed by atoms with Gasteiger partial charge in [-0.3, -0.25) is 9.59 Å². The zero-order chi connectivity index (χ0) is 10.8. The van der Waals surface area contributed by atoms with Crippen LogP contribution in [-0.2, 0) is 14.3 Å². The first kappa shape index (κ1) is 13.1. The van der Waals surface area contributed by atoms with Gasteiger partial charge in [-0.05, 0) is 13.3 Å². The van der Waals surface area contributed by atoms with Crippen molar-refractivity contribution in [2.45, 2.75) is 33.1 Å². The van der Waals surface area contributed by atoms with E-state index in [1.165, 1.54) is 6.92 Å². The summed E-state index contributed by atoms with van der Waals surface area (Å²) in [4.78, 5) is 21.6. The van der Waals surface area contributed by atoms with Crippen LogP contribution >= 0.6 is 0 Å². The lowest BCUT2D eigenvalue weighted by Crippen LogP contribution is -2.26. The SMILES string of the molecule is CCCOCCC(=O)NCCC(C)=O. The first-order valence-corrected chi connectivity index (χ1v) is 5.00. The van der Waals surface area contributed by atoms with E-state index in [1.54, 1.807) is 0 Å². The lowest BCUT2D eigenvalue weighted by Gasteiger charge is -2.04. The van der Waals surface area contributed by atoms with E-state index >= 15 is 0 Å². The van der Waals surface area contributed by atoms with Crippen molar-refractivity contribution in [2.75, 3.05) is 19.8 Å².